The van der Waals surface area contributed by atoms with Crippen molar-refractivity contribution in [2.24, 2.45) is 4.99 Å². The minimum absolute atomic E-state index is 0.826. The predicted molar refractivity (Wildman–Crippen MR) is 73.9 cm³/mol. The number of hydrogen-bond acceptors (Lipinski definition) is 3. The lowest BCUT2D eigenvalue weighted by molar-refractivity contribution is 0.416. The van der Waals surface area contributed by atoms with E-state index in [4.69, 9.17) is 4.74 Å². The van der Waals surface area contributed by atoms with Gasteiger partial charge in [-0.15, -0.1) is 11.3 Å². The summed E-state index contributed by atoms with van der Waals surface area (Å²) in [6, 6.07) is 10.2. The van der Waals surface area contributed by atoms with Gasteiger partial charge in [0.25, 0.3) is 0 Å². The average molecular weight is 245 g/mol. The van der Waals surface area contributed by atoms with Crippen LogP contribution in [0.25, 0.3) is 0 Å². The summed E-state index contributed by atoms with van der Waals surface area (Å²) in [6.07, 6.45) is 2.80. The lowest BCUT2D eigenvalue weighted by Gasteiger charge is -2.04. The van der Waals surface area contributed by atoms with E-state index in [0.29, 0.717) is 0 Å². The van der Waals surface area contributed by atoms with Crippen molar-refractivity contribution in [2.45, 2.75) is 13.3 Å². The molecular formula is C14H15NOS. The number of ether oxygens (including phenoxy) is 1. The zero-order valence-electron chi connectivity index (χ0n) is 10.0. The van der Waals surface area contributed by atoms with Crippen molar-refractivity contribution in [1.82, 2.24) is 0 Å². The van der Waals surface area contributed by atoms with Crippen molar-refractivity contribution in [3.8, 4) is 5.75 Å². The van der Waals surface area contributed by atoms with Gasteiger partial charge in [-0.05, 0) is 36.1 Å². The normalized spacial score (nSPS) is 10.9. The van der Waals surface area contributed by atoms with Gasteiger partial charge in [0.15, 0.2) is 0 Å². The molecule has 0 aliphatic rings. The summed E-state index contributed by atoms with van der Waals surface area (Å²) in [5.41, 5.74) is 2.06. The van der Waals surface area contributed by atoms with E-state index in [-0.39, 0.29) is 0 Å². The first-order valence-corrected chi connectivity index (χ1v) is 6.37. The molecule has 0 unspecified atom stereocenters. The summed E-state index contributed by atoms with van der Waals surface area (Å²) in [4.78, 5) is 5.77. The molecule has 17 heavy (non-hydrogen) atoms. The van der Waals surface area contributed by atoms with Crippen LogP contribution < -0.4 is 4.74 Å². The van der Waals surface area contributed by atoms with Crippen molar-refractivity contribution >= 4 is 23.2 Å². The maximum atomic E-state index is 5.30. The van der Waals surface area contributed by atoms with Crippen molar-refractivity contribution in [3.63, 3.8) is 0 Å². The van der Waals surface area contributed by atoms with Crippen LogP contribution in [0.5, 0.6) is 5.75 Å². The van der Waals surface area contributed by atoms with Crippen molar-refractivity contribution < 1.29 is 4.74 Å². The van der Waals surface area contributed by atoms with Gasteiger partial charge in [-0.3, -0.25) is 4.99 Å². The lowest BCUT2D eigenvalue weighted by Crippen LogP contribution is -1.86. The minimum Gasteiger partial charge on any atom is -0.494 e. The van der Waals surface area contributed by atoms with Gasteiger partial charge in [0.05, 0.1) is 7.11 Å². The third-order valence-electron chi connectivity index (χ3n) is 2.44. The van der Waals surface area contributed by atoms with E-state index < -0.39 is 0 Å². The Morgan fingerprint density at radius 3 is 2.94 bits per heavy atom. The topological polar surface area (TPSA) is 21.6 Å². The van der Waals surface area contributed by atoms with E-state index in [1.54, 1.807) is 18.4 Å². The molecule has 1 aromatic heterocycles. The number of methoxy groups -OCH3 is 1. The van der Waals surface area contributed by atoms with E-state index in [1.807, 2.05) is 31.3 Å². The molecule has 1 heterocycles. The Morgan fingerprint density at radius 2 is 2.24 bits per heavy atom. The van der Waals surface area contributed by atoms with E-state index in [1.165, 1.54) is 10.4 Å². The second-order valence-corrected chi connectivity index (χ2v) is 4.80. The van der Waals surface area contributed by atoms with Gasteiger partial charge in [-0.1, -0.05) is 12.1 Å². The molecule has 0 aliphatic carbocycles. The molecule has 0 amide bonds. The maximum absolute atomic E-state index is 5.30. The third-order valence-corrected chi connectivity index (χ3v) is 3.34. The first-order chi connectivity index (χ1) is 8.29. The maximum Gasteiger partial charge on any atom is 0.144 e. The largest absolute Gasteiger partial charge is 0.494 e. The van der Waals surface area contributed by atoms with Crippen LogP contribution in [0.2, 0.25) is 0 Å². The first-order valence-electron chi connectivity index (χ1n) is 5.49. The highest BCUT2D eigenvalue weighted by Crippen LogP contribution is 2.27. The highest BCUT2D eigenvalue weighted by atomic mass is 32.1. The number of nitrogens with zero attached hydrogens (tertiary/aromatic N) is 1. The molecular weight excluding hydrogens is 230 g/mol. The molecule has 0 N–H and O–H groups in total. The Labute approximate surface area is 106 Å². The molecule has 2 aromatic rings. The Hall–Kier alpha value is -1.61. The molecule has 2 rings (SSSR count). The number of rotatable bonds is 4. The molecule has 2 nitrogen and oxygen atoms in total. The zero-order valence-corrected chi connectivity index (χ0v) is 10.8. The van der Waals surface area contributed by atoms with E-state index in [2.05, 4.69) is 22.5 Å². The van der Waals surface area contributed by atoms with Crippen LogP contribution in [0.4, 0.5) is 5.69 Å². The van der Waals surface area contributed by atoms with Crippen molar-refractivity contribution in [2.75, 3.05) is 7.11 Å². The van der Waals surface area contributed by atoms with Crippen LogP contribution >= 0.6 is 11.3 Å². The summed E-state index contributed by atoms with van der Waals surface area (Å²) < 4.78 is 5.30. The van der Waals surface area contributed by atoms with Crippen LogP contribution in [0, 0.1) is 6.92 Å². The zero-order chi connectivity index (χ0) is 12.1. The molecule has 0 saturated carbocycles. The highest BCUT2D eigenvalue weighted by Gasteiger charge is 2.00. The molecule has 0 aliphatic heterocycles. The summed E-state index contributed by atoms with van der Waals surface area (Å²) in [5.74, 6) is 0.826. The number of aryl methyl sites for hydroxylation is 1. The SMILES string of the molecule is COc1cc(C)ccc1N=CCc1cccs1. The fourth-order valence-corrected chi connectivity index (χ4v) is 2.21. The molecule has 1 aromatic carbocycles. The van der Waals surface area contributed by atoms with Gasteiger partial charge in [0.2, 0.25) is 0 Å². The minimum atomic E-state index is 0.826. The summed E-state index contributed by atoms with van der Waals surface area (Å²) in [6.45, 7) is 2.04. The van der Waals surface area contributed by atoms with Crippen LogP contribution in [0.1, 0.15) is 10.4 Å². The van der Waals surface area contributed by atoms with Gasteiger partial charge < -0.3 is 4.74 Å². The molecule has 0 saturated heterocycles. The molecule has 0 atom stereocenters. The Morgan fingerprint density at radius 1 is 1.35 bits per heavy atom. The quantitative estimate of drug-likeness (QED) is 0.746. The van der Waals surface area contributed by atoms with Crippen LogP contribution in [-0.2, 0) is 6.42 Å². The van der Waals surface area contributed by atoms with Crippen molar-refractivity contribution in [1.29, 1.82) is 0 Å². The van der Waals surface area contributed by atoms with Gasteiger partial charge in [0.1, 0.15) is 11.4 Å². The van der Waals surface area contributed by atoms with Gasteiger partial charge >= 0.3 is 0 Å². The Bertz CT molecular complexity index is 503. The Kier molecular flexibility index (Phi) is 3.94. The van der Waals surface area contributed by atoms with Crippen molar-refractivity contribution in [3.05, 3.63) is 46.2 Å². The number of hydrogen-bond donors (Lipinski definition) is 0. The predicted octanol–water partition coefficient (Wildman–Crippen LogP) is 4.01. The second-order valence-electron chi connectivity index (χ2n) is 3.77. The first kappa shape index (κ1) is 11.9. The number of thiophene rings is 1. The van der Waals surface area contributed by atoms with Crippen LogP contribution in [0.15, 0.2) is 40.7 Å². The standard InChI is InChI=1S/C14H15NOS/c1-11-5-6-13(14(10-11)16-2)15-8-7-12-4-3-9-17-12/h3-6,8-10H,7H2,1-2H3. The third kappa shape index (κ3) is 3.17. The molecule has 88 valence electrons. The van der Waals surface area contributed by atoms with Gasteiger partial charge in [-0.25, -0.2) is 0 Å². The second kappa shape index (κ2) is 5.64. The van der Waals surface area contributed by atoms with E-state index >= 15 is 0 Å². The molecule has 0 spiro atoms. The van der Waals surface area contributed by atoms with E-state index in [0.717, 1.165) is 17.9 Å². The Balaban J connectivity index is 2.10. The summed E-state index contributed by atoms with van der Waals surface area (Å²) in [7, 11) is 1.67. The summed E-state index contributed by atoms with van der Waals surface area (Å²) in [5, 5.41) is 2.08. The van der Waals surface area contributed by atoms with Crippen LogP contribution in [-0.4, -0.2) is 13.3 Å². The smallest absolute Gasteiger partial charge is 0.144 e. The summed E-state index contributed by atoms with van der Waals surface area (Å²) >= 11 is 1.75. The average Bonchev–Trinajstić information content (AvgIpc) is 2.84. The molecule has 0 bridgehead atoms. The number of aliphatic imine (C=N–C) groups is 1. The molecule has 0 fully saturated rings. The van der Waals surface area contributed by atoms with Gasteiger partial charge in [-0.2, -0.15) is 0 Å². The fraction of sp³-hybridized carbons (Fsp3) is 0.214. The number of benzene rings is 1. The highest BCUT2D eigenvalue weighted by molar-refractivity contribution is 7.10. The lowest BCUT2D eigenvalue weighted by atomic mass is 10.2. The van der Waals surface area contributed by atoms with E-state index in [9.17, 15) is 0 Å². The van der Waals surface area contributed by atoms with Gasteiger partial charge in [0, 0.05) is 17.5 Å². The monoisotopic (exact) mass is 245 g/mol. The van der Waals surface area contributed by atoms with Crippen LogP contribution in [0.3, 0.4) is 0 Å². The fourth-order valence-electron chi connectivity index (χ4n) is 1.55. The molecule has 3 heteroatoms. The molecule has 0 radical (unpaired) electrons.